The van der Waals surface area contributed by atoms with Gasteiger partial charge in [-0.1, -0.05) is 6.07 Å². The zero-order valence-corrected chi connectivity index (χ0v) is 17.2. The predicted molar refractivity (Wildman–Crippen MR) is 109 cm³/mol. The van der Waals surface area contributed by atoms with Gasteiger partial charge in [0.05, 0.1) is 0 Å². The second-order valence-corrected chi connectivity index (χ2v) is 8.89. The Bertz CT molecular complexity index is 936. The SMILES string of the molecule is Cc1ccc(C(=O)Nc2cc(F)c(F)c(F)c2)cc1SC1CCC(CC(=O)O)CC1. The Balaban J connectivity index is 1.66. The third-order valence-corrected chi connectivity index (χ3v) is 6.74. The highest BCUT2D eigenvalue weighted by molar-refractivity contribution is 8.00. The van der Waals surface area contributed by atoms with Gasteiger partial charge in [0, 0.05) is 39.9 Å². The topological polar surface area (TPSA) is 66.4 Å². The summed E-state index contributed by atoms with van der Waals surface area (Å²) in [6.07, 6.45) is 3.76. The lowest BCUT2D eigenvalue weighted by Gasteiger charge is -2.27. The van der Waals surface area contributed by atoms with Crippen molar-refractivity contribution in [3.05, 3.63) is 58.9 Å². The number of hydrogen-bond acceptors (Lipinski definition) is 3. The van der Waals surface area contributed by atoms with Gasteiger partial charge in [-0.05, 0) is 56.2 Å². The van der Waals surface area contributed by atoms with Crippen LogP contribution >= 0.6 is 11.8 Å². The van der Waals surface area contributed by atoms with Gasteiger partial charge in [-0.15, -0.1) is 11.8 Å². The van der Waals surface area contributed by atoms with Gasteiger partial charge in [0.15, 0.2) is 17.5 Å². The molecule has 0 heterocycles. The zero-order chi connectivity index (χ0) is 21.8. The summed E-state index contributed by atoms with van der Waals surface area (Å²) in [6, 6.07) is 6.62. The van der Waals surface area contributed by atoms with Crippen LogP contribution in [-0.2, 0) is 4.79 Å². The Morgan fingerprint density at radius 3 is 2.30 bits per heavy atom. The lowest BCUT2D eigenvalue weighted by Crippen LogP contribution is -2.18. The number of amides is 1. The number of anilines is 1. The fourth-order valence-corrected chi connectivity index (χ4v) is 4.90. The number of rotatable bonds is 6. The first-order valence-corrected chi connectivity index (χ1v) is 10.6. The molecule has 2 aromatic rings. The Hall–Kier alpha value is -2.48. The van der Waals surface area contributed by atoms with Gasteiger partial charge < -0.3 is 10.4 Å². The van der Waals surface area contributed by atoms with E-state index in [1.54, 1.807) is 30.0 Å². The highest BCUT2D eigenvalue weighted by Crippen LogP contribution is 2.38. The number of thioether (sulfide) groups is 1. The van der Waals surface area contributed by atoms with Crippen LogP contribution in [-0.4, -0.2) is 22.2 Å². The summed E-state index contributed by atoms with van der Waals surface area (Å²) >= 11 is 1.66. The number of carbonyl (C=O) groups is 2. The molecule has 1 fully saturated rings. The number of benzene rings is 2. The van der Waals surface area contributed by atoms with Crippen LogP contribution in [0.15, 0.2) is 35.2 Å². The van der Waals surface area contributed by atoms with E-state index < -0.39 is 29.3 Å². The van der Waals surface area contributed by atoms with Crippen molar-refractivity contribution in [1.82, 2.24) is 0 Å². The van der Waals surface area contributed by atoms with E-state index in [9.17, 15) is 22.8 Å². The van der Waals surface area contributed by atoms with Gasteiger partial charge in [-0.2, -0.15) is 0 Å². The third kappa shape index (κ3) is 5.56. The first kappa shape index (κ1) is 22.2. The van der Waals surface area contributed by atoms with Crippen molar-refractivity contribution in [2.75, 3.05) is 5.32 Å². The van der Waals surface area contributed by atoms with E-state index in [0.717, 1.165) is 48.3 Å². The summed E-state index contributed by atoms with van der Waals surface area (Å²) in [5.74, 6) is -5.42. The summed E-state index contributed by atoms with van der Waals surface area (Å²) in [5.41, 5.74) is 1.17. The van der Waals surface area contributed by atoms with Crippen LogP contribution in [0.5, 0.6) is 0 Å². The molecule has 1 amide bonds. The quantitative estimate of drug-likeness (QED) is 0.562. The van der Waals surface area contributed by atoms with E-state index in [4.69, 9.17) is 5.11 Å². The first-order valence-electron chi connectivity index (χ1n) is 9.68. The van der Waals surface area contributed by atoms with Crippen LogP contribution in [0.25, 0.3) is 0 Å². The zero-order valence-electron chi connectivity index (χ0n) is 16.4. The summed E-state index contributed by atoms with van der Waals surface area (Å²) in [7, 11) is 0. The molecule has 0 aromatic heterocycles. The minimum Gasteiger partial charge on any atom is -0.481 e. The molecule has 1 aliphatic rings. The Morgan fingerprint density at radius 1 is 1.07 bits per heavy atom. The molecule has 4 nitrogen and oxygen atoms in total. The lowest BCUT2D eigenvalue weighted by molar-refractivity contribution is -0.138. The molecule has 3 rings (SSSR count). The molecule has 1 aliphatic carbocycles. The van der Waals surface area contributed by atoms with Crippen molar-refractivity contribution >= 4 is 29.3 Å². The monoisotopic (exact) mass is 437 g/mol. The maximum Gasteiger partial charge on any atom is 0.303 e. The molecular weight excluding hydrogens is 415 g/mol. The number of carboxylic acid groups (broad SMARTS) is 1. The molecule has 0 atom stereocenters. The molecule has 0 radical (unpaired) electrons. The van der Waals surface area contributed by atoms with E-state index in [1.165, 1.54) is 0 Å². The summed E-state index contributed by atoms with van der Waals surface area (Å²) in [5, 5.41) is 11.7. The van der Waals surface area contributed by atoms with Gasteiger partial charge in [-0.3, -0.25) is 9.59 Å². The van der Waals surface area contributed by atoms with E-state index in [1.807, 2.05) is 6.92 Å². The number of carboxylic acids is 1. The minimum absolute atomic E-state index is 0.164. The van der Waals surface area contributed by atoms with Crippen molar-refractivity contribution in [3.63, 3.8) is 0 Å². The molecule has 0 unspecified atom stereocenters. The molecule has 160 valence electrons. The smallest absolute Gasteiger partial charge is 0.303 e. The summed E-state index contributed by atoms with van der Waals surface area (Å²) in [6.45, 7) is 1.94. The Morgan fingerprint density at radius 2 is 1.70 bits per heavy atom. The molecule has 8 heteroatoms. The summed E-state index contributed by atoms with van der Waals surface area (Å²) < 4.78 is 39.8. The second-order valence-electron chi connectivity index (χ2n) is 7.55. The van der Waals surface area contributed by atoms with Crippen LogP contribution < -0.4 is 5.32 Å². The number of aliphatic carboxylic acids is 1. The fraction of sp³-hybridized carbons (Fsp3) is 0.364. The fourth-order valence-electron chi connectivity index (χ4n) is 3.58. The summed E-state index contributed by atoms with van der Waals surface area (Å²) in [4.78, 5) is 24.3. The van der Waals surface area contributed by atoms with Crippen molar-refractivity contribution in [2.24, 2.45) is 5.92 Å². The first-order chi connectivity index (χ1) is 14.2. The number of carbonyl (C=O) groups excluding carboxylic acids is 1. The van der Waals surface area contributed by atoms with E-state index in [2.05, 4.69) is 5.32 Å². The molecule has 0 spiro atoms. The molecular formula is C22H22F3NO3S. The maximum absolute atomic E-state index is 13.4. The van der Waals surface area contributed by atoms with Crippen molar-refractivity contribution in [1.29, 1.82) is 0 Å². The van der Waals surface area contributed by atoms with Gasteiger partial charge in [0.25, 0.3) is 5.91 Å². The van der Waals surface area contributed by atoms with Crippen LogP contribution in [0, 0.1) is 30.3 Å². The lowest BCUT2D eigenvalue weighted by atomic mass is 9.87. The number of hydrogen-bond donors (Lipinski definition) is 2. The Kier molecular flexibility index (Phi) is 7.07. The van der Waals surface area contributed by atoms with E-state index in [0.29, 0.717) is 10.8 Å². The molecule has 1 saturated carbocycles. The van der Waals surface area contributed by atoms with Crippen LogP contribution in [0.4, 0.5) is 18.9 Å². The number of halogens is 3. The maximum atomic E-state index is 13.4. The highest BCUT2D eigenvalue weighted by Gasteiger charge is 2.24. The number of aryl methyl sites for hydroxylation is 1. The average Bonchev–Trinajstić information content (AvgIpc) is 2.68. The predicted octanol–water partition coefficient (Wildman–Crippen LogP) is 5.79. The van der Waals surface area contributed by atoms with Crippen LogP contribution in [0.2, 0.25) is 0 Å². The molecule has 0 aliphatic heterocycles. The second kappa shape index (κ2) is 9.55. The van der Waals surface area contributed by atoms with Gasteiger partial charge in [-0.25, -0.2) is 13.2 Å². The molecule has 0 saturated heterocycles. The third-order valence-electron chi connectivity index (χ3n) is 5.24. The minimum atomic E-state index is -1.58. The normalized spacial score (nSPS) is 18.8. The van der Waals surface area contributed by atoms with Crippen LogP contribution in [0.1, 0.15) is 48.0 Å². The van der Waals surface area contributed by atoms with E-state index >= 15 is 0 Å². The van der Waals surface area contributed by atoms with Gasteiger partial charge >= 0.3 is 5.97 Å². The number of nitrogens with one attached hydrogen (secondary N) is 1. The van der Waals surface area contributed by atoms with Crippen molar-refractivity contribution in [2.45, 2.75) is 49.2 Å². The molecule has 2 aromatic carbocycles. The van der Waals surface area contributed by atoms with Crippen LogP contribution in [0.3, 0.4) is 0 Å². The highest BCUT2D eigenvalue weighted by atomic mass is 32.2. The van der Waals surface area contributed by atoms with Crippen molar-refractivity contribution < 1.29 is 27.9 Å². The average molecular weight is 437 g/mol. The Labute approximate surface area is 176 Å². The van der Waals surface area contributed by atoms with E-state index in [-0.39, 0.29) is 18.0 Å². The largest absolute Gasteiger partial charge is 0.481 e. The molecule has 0 bridgehead atoms. The van der Waals surface area contributed by atoms with Crippen molar-refractivity contribution in [3.8, 4) is 0 Å². The molecule has 30 heavy (non-hydrogen) atoms. The van der Waals surface area contributed by atoms with Gasteiger partial charge in [0.2, 0.25) is 0 Å². The van der Waals surface area contributed by atoms with Gasteiger partial charge in [0.1, 0.15) is 0 Å². The molecule has 2 N–H and O–H groups in total. The standard InChI is InChI=1S/C22H22F3NO3S/c1-12-2-5-14(22(29)26-15-10-17(23)21(25)18(24)11-15)9-19(12)30-16-6-3-13(4-7-16)8-20(27)28/h2,5,9-11,13,16H,3-4,6-8H2,1H3,(H,26,29)(H,27,28).